The van der Waals surface area contributed by atoms with Crippen LogP contribution in [0.5, 0.6) is 0 Å². The summed E-state index contributed by atoms with van der Waals surface area (Å²) in [5, 5.41) is 20.7. The van der Waals surface area contributed by atoms with Crippen molar-refractivity contribution in [2.75, 3.05) is 13.1 Å². The summed E-state index contributed by atoms with van der Waals surface area (Å²) in [6.45, 7) is 1.61. The average molecular weight is 441 g/mol. The van der Waals surface area contributed by atoms with Crippen molar-refractivity contribution in [3.05, 3.63) is 77.4 Å². The Morgan fingerprint density at radius 3 is 3.00 bits per heavy atom. The lowest BCUT2D eigenvalue weighted by Crippen LogP contribution is -2.39. The molecule has 1 aliphatic heterocycles. The molecule has 7 nitrogen and oxygen atoms in total. The van der Waals surface area contributed by atoms with Crippen molar-refractivity contribution in [1.29, 1.82) is 5.26 Å². The lowest BCUT2D eigenvalue weighted by molar-refractivity contribution is 0.239. The molecule has 0 saturated carbocycles. The standard InChI is InChI=1S/C25H22FN6O/c1-31-15-20-12-17(4-5-23(20)30-31)24-18(10-16-2-3-19(13-27)22(26)11-16)7-9-32(24)25(33)29-21-6-8-28-14-21/h2-5,7,11-12,15,21,28H,6,8,10,14H2,1H3,(H,29,33)/t21-/m1/s1. The van der Waals surface area contributed by atoms with E-state index in [-0.39, 0.29) is 17.6 Å². The van der Waals surface area contributed by atoms with Crippen molar-refractivity contribution in [2.24, 2.45) is 7.05 Å². The molecule has 5 rings (SSSR count). The first kappa shape index (κ1) is 20.9. The lowest BCUT2D eigenvalue weighted by Gasteiger charge is -2.15. The maximum absolute atomic E-state index is 14.2. The highest BCUT2D eigenvalue weighted by molar-refractivity contribution is 5.88. The van der Waals surface area contributed by atoms with Gasteiger partial charge in [-0.2, -0.15) is 10.4 Å². The van der Waals surface area contributed by atoms with Crippen LogP contribution >= 0.6 is 0 Å². The third kappa shape index (κ3) is 4.11. The second kappa shape index (κ2) is 8.52. The van der Waals surface area contributed by atoms with Crippen molar-refractivity contribution in [1.82, 2.24) is 25.0 Å². The summed E-state index contributed by atoms with van der Waals surface area (Å²) in [5.74, 6) is -0.553. The number of halogens is 1. The number of nitriles is 1. The molecule has 2 N–H and O–H groups in total. The third-order valence-electron chi connectivity index (χ3n) is 5.93. The monoisotopic (exact) mass is 441 g/mol. The van der Waals surface area contributed by atoms with Gasteiger partial charge < -0.3 is 10.6 Å². The summed E-state index contributed by atoms with van der Waals surface area (Å²) in [7, 11) is 1.87. The quantitative estimate of drug-likeness (QED) is 0.508. The SMILES string of the molecule is Cn1cc2cc(-c3c(Cc4ccc(C#N)c(F)c4)c[c]n3C(=O)N[C@@H]3CCNC3)ccc2n1. The molecular weight excluding hydrogens is 419 g/mol. The molecule has 0 unspecified atom stereocenters. The molecule has 2 aromatic carbocycles. The summed E-state index contributed by atoms with van der Waals surface area (Å²) in [6, 6.07) is 13.9. The second-order valence-electron chi connectivity index (χ2n) is 8.30. The Morgan fingerprint density at radius 2 is 2.24 bits per heavy atom. The maximum atomic E-state index is 14.2. The Hall–Kier alpha value is -3.96. The zero-order valence-corrected chi connectivity index (χ0v) is 18.1. The van der Waals surface area contributed by atoms with E-state index in [0.29, 0.717) is 17.7 Å². The van der Waals surface area contributed by atoms with Gasteiger partial charge in [0.05, 0.1) is 23.0 Å². The molecule has 1 radical (unpaired) electrons. The Labute approximate surface area is 190 Å². The van der Waals surface area contributed by atoms with E-state index in [1.54, 1.807) is 16.8 Å². The Bertz CT molecular complexity index is 1390. The fourth-order valence-electron chi connectivity index (χ4n) is 4.32. The van der Waals surface area contributed by atoms with Gasteiger partial charge >= 0.3 is 6.03 Å². The summed E-state index contributed by atoms with van der Waals surface area (Å²) in [5.41, 5.74) is 3.97. The van der Waals surface area contributed by atoms with Gasteiger partial charge in [-0.1, -0.05) is 12.1 Å². The van der Waals surface area contributed by atoms with Gasteiger partial charge in [-0.05, 0) is 66.4 Å². The molecule has 1 aliphatic rings. The maximum Gasteiger partial charge on any atom is 0.326 e. The third-order valence-corrected chi connectivity index (χ3v) is 5.93. The van der Waals surface area contributed by atoms with Crippen LogP contribution in [-0.4, -0.2) is 39.5 Å². The van der Waals surface area contributed by atoms with Gasteiger partial charge in [0.2, 0.25) is 0 Å². The van der Waals surface area contributed by atoms with Crippen molar-refractivity contribution in [3.63, 3.8) is 0 Å². The Kier molecular flexibility index (Phi) is 5.40. The van der Waals surface area contributed by atoms with Gasteiger partial charge in [-0.25, -0.2) is 9.18 Å². The molecule has 0 aliphatic carbocycles. The largest absolute Gasteiger partial charge is 0.333 e. The number of amides is 1. The van der Waals surface area contributed by atoms with Crippen LogP contribution in [0.25, 0.3) is 22.2 Å². The predicted molar refractivity (Wildman–Crippen MR) is 122 cm³/mol. The smallest absolute Gasteiger partial charge is 0.326 e. The predicted octanol–water partition coefficient (Wildman–Crippen LogP) is 3.36. The van der Waals surface area contributed by atoms with Gasteiger partial charge in [0.1, 0.15) is 11.9 Å². The molecule has 1 fully saturated rings. The number of hydrogen-bond donors (Lipinski definition) is 2. The van der Waals surface area contributed by atoms with Crippen LogP contribution in [0.15, 0.2) is 48.7 Å². The van der Waals surface area contributed by atoms with Crippen molar-refractivity contribution >= 4 is 16.9 Å². The number of benzene rings is 2. The molecule has 1 saturated heterocycles. The topological polar surface area (TPSA) is 87.7 Å². The molecule has 33 heavy (non-hydrogen) atoms. The first-order chi connectivity index (χ1) is 16.0. The van der Waals surface area contributed by atoms with Gasteiger partial charge in [0.15, 0.2) is 0 Å². The number of carbonyl (C=O) groups is 1. The highest BCUT2D eigenvalue weighted by atomic mass is 19.1. The van der Waals surface area contributed by atoms with E-state index >= 15 is 0 Å². The number of aromatic nitrogens is 3. The van der Waals surface area contributed by atoms with Crippen LogP contribution in [0.3, 0.4) is 0 Å². The minimum absolute atomic E-state index is 0.00897. The Balaban J connectivity index is 1.56. The van der Waals surface area contributed by atoms with Crippen LogP contribution in [0.2, 0.25) is 0 Å². The van der Waals surface area contributed by atoms with Crippen LogP contribution in [-0.2, 0) is 13.5 Å². The molecule has 0 bridgehead atoms. The van der Waals surface area contributed by atoms with E-state index in [1.165, 1.54) is 16.7 Å². The molecular formula is C25H22FN6O. The highest BCUT2D eigenvalue weighted by Gasteiger charge is 2.22. The molecule has 0 spiro atoms. The van der Waals surface area contributed by atoms with Crippen LogP contribution in [0, 0.1) is 23.3 Å². The molecule has 1 atom stereocenters. The zero-order chi connectivity index (χ0) is 22.9. The summed E-state index contributed by atoms with van der Waals surface area (Å²) < 4.78 is 17.5. The molecule has 8 heteroatoms. The number of nitrogens with one attached hydrogen (secondary N) is 2. The fraction of sp³-hybridized carbons (Fsp3) is 0.240. The van der Waals surface area contributed by atoms with Crippen molar-refractivity contribution in [2.45, 2.75) is 18.9 Å². The molecule has 4 aromatic rings. The summed E-state index contributed by atoms with van der Waals surface area (Å²) in [6.07, 6.45) is 6.27. The van der Waals surface area contributed by atoms with Crippen molar-refractivity contribution in [3.8, 4) is 17.3 Å². The van der Waals surface area contributed by atoms with Gasteiger partial charge in [-0.15, -0.1) is 0 Å². The molecule has 1 amide bonds. The summed E-state index contributed by atoms with van der Waals surface area (Å²) in [4.78, 5) is 13.1. The highest BCUT2D eigenvalue weighted by Crippen LogP contribution is 2.30. The fourth-order valence-corrected chi connectivity index (χ4v) is 4.32. The number of fused-ring (bicyclic) bond motifs is 1. The number of aryl methyl sites for hydroxylation is 1. The van der Waals surface area contributed by atoms with Crippen LogP contribution in [0.1, 0.15) is 23.1 Å². The molecule has 3 heterocycles. The number of carbonyl (C=O) groups excluding carboxylic acids is 1. The first-order valence-electron chi connectivity index (χ1n) is 10.8. The molecule has 165 valence electrons. The number of rotatable bonds is 4. The van der Waals surface area contributed by atoms with Crippen molar-refractivity contribution < 1.29 is 9.18 Å². The Morgan fingerprint density at radius 1 is 1.36 bits per heavy atom. The van der Waals surface area contributed by atoms with E-state index in [9.17, 15) is 9.18 Å². The summed E-state index contributed by atoms with van der Waals surface area (Å²) >= 11 is 0. The van der Waals surface area contributed by atoms with E-state index in [1.807, 2.05) is 37.5 Å². The minimum atomic E-state index is -0.553. The van der Waals surface area contributed by atoms with Crippen LogP contribution in [0.4, 0.5) is 9.18 Å². The average Bonchev–Trinajstić information content (AvgIpc) is 3.52. The van der Waals surface area contributed by atoms with E-state index in [4.69, 9.17) is 5.26 Å². The minimum Gasteiger partial charge on any atom is -0.333 e. The van der Waals surface area contributed by atoms with E-state index in [2.05, 4.69) is 21.9 Å². The van der Waals surface area contributed by atoms with Crippen LogP contribution < -0.4 is 10.6 Å². The van der Waals surface area contributed by atoms with Gasteiger partial charge in [-0.3, -0.25) is 9.25 Å². The van der Waals surface area contributed by atoms with E-state index in [0.717, 1.165) is 41.5 Å². The lowest BCUT2D eigenvalue weighted by atomic mass is 9.99. The zero-order valence-electron chi connectivity index (χ0n) is 18.1. The normalized spacial score (nSPS) is 15.6. The van der Waals surface area contributed by atoms with Gasteiger partial charge in [0, 0.05) is 31.2 Å². The molecule has 2 aromatic heterocycles. The number of nitrogens with zero attached hydrogens (tertiary/aromatic N) is 4. The second-order valence-corrected chi connectivity index (χ2v) is 8.30. The number of hydrogen-bond acceptors (Lipinski definition) is 4. The van der Waals surface area contributed by atoms with Gasteiger partial charge in [0.25, 0.3) is 0 Å². The first-order valence-corrected chi connectivity index (χ1v) is 10.8. The van der Waals surface area contributed by atoms with E-state index < -0.39 is 5.82 Å².